The molecule has 0 unspecified atom stereocenters. The molecule has 1 aliphatic heterocycles. The lowest BCUT2D eigenvalue weighted by molar-refractivity contribution is -0.131. The highest BCUT2D eigenvalue weighted by Crippen LogP contribution is 2.22. The van der Waals surface area contributed by atoms with E-state index < -0.39 is 0 Å². The predicted octanol–water partition coefficient (Wildman–Crippen LogP) is 3.00. The van der Waals surface area contributed by atoms with Gasteiger partial charge in [0.15, 0.2) is 0 Å². The third kappa shape index (κ3) is 3.86. The summed E-state index contributed by atoms with van der Waals surface area (Å²) in [5.74, 6) is 0.584. The molecule has 6 heteroatoms. The van der Waals surface area contributed by atoms with E-state index in [1.807, 2.05) is 41.0 Å². The first-order valence-corrected chi connectivity index (χ1v) is 9.44. The molecular weight excluding hydrogens is 350 g/mol. The maximum atomic E-state index is 12.7. The Morgan fingerprint density at radius 3 is 2.54 bits per heavy atom. The number of aromatic nitrogens is 3. The van der Waals surface area contributed by atoms with E-state index in [0.29, 0.717) is 25.6 Å². The highest BCUT2D eigenvalue weighted by molar-refractivity contribution is 5.82. The third-order valence-corrected chi connectivity index (χ3v) is 5.06. The molecule has 1 amide bonds. The van der Waals surface area contributed by atoms with E-state index in [0.717, 1.165) is 22.4 Å². The lowest BCUT2D eigenvalue weighted by Crippen LogP contribution is -2.50. The van der Waals surface area contributed by atoms with Gasteiger partial charge in [0.25, 0.3) is 0 Å². The van der Waals surface area contributed by atoms with Gasteiger partial charge in [0.2, 0.25) is 11.9 Å². The molecule has 0 aliphatic carbocycles. The van der Waals surface area contributed by atoms with Crippen molar-refractivity contribution in [1.82, 2.24) is 20.1 Å². The van der Waals surface area contributed by atoms with Crippen LogP contribution in [0.4, 0.5) is 5.95 Å². The lowest BCUT2D eigenvalue weighted by atomic mass is 10.1. The molecule has 6 nitrogen and oxygen atoms in total. The van der Waals surface area contributed by atoms with Crippen LogP contribution in [-0.4, -0.2) is 45.6 Å². The lowest BCUT2D eigenvalue weighted by Gasteiger charge is -2.34. The summed E-state index contributed by atoms with van der Waals surface area (Å²) in [6.45, 7) is 6.35. The number of piperazine rings is 1. The van der Waals surface area contributed by atoms with Gasteiger partial charge in [0.05, 0.1) is 11.9 Å². The fraction of sp³-hybridized carbons (Fsp3) is 0.273. The van der Waals surface area contributed by atoms with Crippen LogP contribution in [0.5, 0.6) is 0 Å². The van der Waals surface area contributed by atoms with Crippen LogP contribution in [0.25, 0.3) is 11.3 Å². The molecule has 4 rings (SSSR count). The van der Waals surface area contributed by atoms with Gasteiger partial charge in [-0.1, -0.05) is 54.1 Å². The average molecular weight is 373 g/mol. The first kappa shape index (κ1) is 18.1. The van der Waals surface area contributed by atoms with Crippen LogP contribution in [0.1, 0.15) is 16.7 Å². The van der Waals surface area contributed by atoms with Crippen molar-refractivity contribution in [3.63, 3.8) is 0 Å². The third-order valence-electron chi connectivity index (χ3n) is 5.06. The zero-order chi connectivity index (χ0) is 19.5. The standard InChI is InChI=1S/C22H23N5O/c1-16-7-9-18(10-8-16)14-26-11-12-27(15-21(26)28)22-24-20(13-23-25-22)19-6-4-3-5-17(19)2/h3-10,13H,11-12,14-15H2,1-2H3. The summed E-state index contributed by atoms with van der Waals surface area (Å²) in [4.78, 5) is 21.1. The molecule has 0 N–H and O–H groups in total. The Kier molecular flexibility index (Phi) is 5.02. The van der Waals surface area contributed by atoms with Crippen molar-refractivity contribution >= 4 is 11.9 Å². The largest absolute Gasteiger partial charge is 0.335 e. The predicted molar refractivity (Wildman–Crippen MR) is 109 cm³/mol. The Morgan fingerprint density at radius 2 is 1.79 bits per heavy atom. The van der Waals surface area contributed by atoms with Crippen molar-refractivity contribution in [2.75, 3.05) is 24.5 Å². The number of carbonyl (C=O) groups excluding carboxylic acids is 1. The first-order valence-electron chi connectivity index (χ1n) is 9.44. The number of carbonyl (C=O) groups is 1. The van der Waals surface area contributed by atoms with Crippen LogP contribution in [0.3, 0.4) is 0 Å². The fourth-order valence-corrected chi connectivity index (χ4v) is 3.38. The second kappa shape index (κ2) is 7.76. The Bertz CT molecular complexity index is 986. The molecule has 0 spiro atoms. The highest BCUT2D eigenvalue weighted by atomic mass is 16.2. The average Bonchev–Trinajstić information content (AvgIpc) is 2.71. The minimum Gasteiger partial charge on any atom is -0.335 e. The molecule has 0 bridgehead atoms. The van der Waals surface area contributed by atoms with E-state index in [1.54, 1.807) is 6.20 Å². The van der Waals surface area contributed by atoms with Gasteiger partial charge in [-0.15, -0.1) is 5.10 Å². The molecule has 2 aromatic carbocycles. The van der Waals surface area contributed by atoms with Crippen LogP contribution >= 0.6 is 0 Å². The zero-order valence-corrected chi connectivity index (χ0v) is 16.2. The topological polar surface area (TPSA) is 62.2 Å². The summed E-state index contributed by atoms with van der Waals surface area (Å²) >= 11 is 0. The van der Waals surface area contributed by atoms with Crippen LogP contribution < -0.4 is 4.90 Å². The molecule has 1 aromatic heterocycles. The quantitative estimate of drug-likeness (QED) is 0.703. The van der Waals surface area contributed by atoms with Crippen molar-refractivity contribution in [2.24, 2.45) is 0 Å². The number of aryl methyl sites for hydroxylation is 2. The van der Waals surface area contributed by atoms with Gasteiger partial charge in [0, 0.05) is 25.2 Å². The summed E-state index contributed by atoms with van der Waals surface area (Å²) < 4.78 is 0. The monoisotopic (exact) mass is 373 g/mol. The number of nitrogens with zero attached hydrogens (tertiary/aromatic N) is 5. The molecular formula is C22H23N5O. The number of rotatable bonds is 4. The molecule has 28 heavy (non-hydrogen) atoms. The Morgan fingerprint density at radius 1 is 1.00 bits per heavy atom. The maximum absolute atomic E-state index is 12.7. The van der Waals surface area contributed by atoms with Crippen molar-refractivity contribution in [1.29, 1.82) is 0 Å². The van der Waals surface area contributed by atoms with Gasteiger partial charge in [-0.2, -0.15) is 5.10 Å². The van der Waals surface area contributed by atoms with Gasteiger partial charge < -0.3 is 9.80 Å². The van der Waals surface area contributed by atoms with Crippen LogP contribution in [0, 0.1) is 13.8 Å². The van der Waals surface area contributed by atoms with E-state index in [1.165, 1.54) is 5.56 Å². The smallest absolute Gasteiger partial charge is 0.246 e. The SMILES string of the molecule is Cc1ccc(CN2CCN(c3nncc(-c4ccccc4C)n3)CC2=O)cc1. The van der Waals surface area contributed by atoms with Crippen molar-refractivity contribution in [2.45, 2.75) is 20.4 Å². The van der Waals surface area contributed by atoms with Gasteiger partial charge >= 0.3 is 0 Å². The summed E-state index contributed by atoms with van der Waals surface area (Å²) in [5.41, 5.74) is 5.30. The van der Waals surface area contributed by atoms with E-state index >= 15 is 0 Å². The van der Waals surface area contributed by atoms with Crippen LogP contribution in [-0.2, 0) is 11.3 Å². The van der Waals surface area contributed by atoms with E-state index in [2.05, 4.69) is 46.4 Å². The Labute approximate surface area is 164 Å². The summed E-state index contributed by atoms with van der Waals surface area (Å²) in [6, 6.07) is 16.4. The normalized spacial score (nSPS) is 14.4. The molecule has 0 saturated carbocycles. The minimum absolute atomic E-state index is 0.0803. The Hall–Kier alpha value is -3.28. The molecule has 0 radical (unpaired) electrons. The summed E-state index contributed by atoms with van der Waals surface area (Å²) in [6.07, 6.45) is 1.67. The molecule has 1 saturated heterocycles. The van der Waals surface area contributed by atoms with Gasteiger partial charge in [-0.3, -0.25) is 4.79 Å². The van der Waals surface area contributed by atoms with Gasteiger partial charge in [-0.25, -0.2) is 4.98 Å². The number of benzene rings is 2. The van der Waals surface area contributed by atoms with Crippen LogP contribution in [0.15, 0.2) is 54.7 Å². The first-order chi connectivity index (χ1) is 13.6. The zero-order valence-electron chi connectivity index (χ0n) is 16.2. The van der Waals surface area contributed by atoms with Crippen molar-refractivity contribution in [3.8, 4) is 11.3 Å². The van der Waals surface area contributed by atoms with Gasteiger partial charge in [0.1, 0.15) is 6.54 Å². The molecule has 2 heterocycles. The fourth-order valence-electron chi connectivity index (χ4n) is 3.38. The number of hydrogen-bond donors (Lipinski definition) is 0. The minimum atomic E-state index is 0.0803. The van der Waals surface area contributed by atoms with Crippen molar-refractivity contribution in [3.05, 3.63) is 71.4 Å². The van der Waals surface area contributed by atoms with E-state index in [9.17, 15) is 4.79 Å². The summed E-state index contributed by atoms with van der Waals surface area (Å²) in [7, 11) is 0. The second-order valence-electron chi connectivity index (χ2n) is 7.18. The molecule has 3 aromatic rings. The number of anilines is 1. The van der Waals surface area contributed by atoms with Crippen molar-refractivity contribution < 1.29 is 4.79 Å². The molecule has 1 aliphatic rings. The van der Waals surface area contributed by atoms with Gasteiger partial charge in [-0.05, 0) is 25.0 Å². The number of hydrogen-bond acceptors (Lipinski definition) is 5. The molecule has 142 valence electrons. The number of amides is 1. The summed E-state index contributed by atoms with van der Waals surface area (Å²) in [5, 5.41) is 8.28. The van der Waals surface area contributed by atoms with E-state index in [-0.39, 0.29) is 12.5 Å². The maximum Gasteiger partial charge on any atom is 0.246 e. The molecule has 0 atom stereocenters. The van der Waals surface area contributed by atoms with E-state index in [4.69, 9.17) is 0 Å². The Balaban J connectivity index is 1.47. The van der Waals surface area contributed by atoms with Crippen LogP contribution in [0.2, 0.25) is 0 Å². The highest BCUT2D eigenvalue weighted by Gasteiger charge is 2.26. The second-order valence-corrected chi connectivity index (χ2v) is 7.18. The molecule has 1 fully saturated rings.